The van der Waals surface area contributed by atoms with Crippen LogP contribution < -0.4 is 5.73 Å². The maximum Gasteiger partial charge on any atom is 0.406 e. The molecular weight excluding hydrogens is 249 g/mol. The first-order chi connectivity index (χ1) is 8.31. The van der Waals surface area contributed by atoms with Crippen LogP contribution in [0.15, 0.2) is 12.4 Å². The number of carbonyl (C=O) groups excluding carboxylic acids is 1. The third-order valence-corrected chi connectivity index (χ3v) is 2.17. The van der Waals surface area contributed by atoms with Gasteiger partial charge in [0.25, 0.3) is 0 Å². The summed E-state index contributed by atoms with van der Waals surface area (Å²) >= 11 is 0. The molecule has 0 saturated carbocycles. The highest BCUT2D eigenvalue weighted by atomic mass is 19.4. The summed E-state index contributed by atoms with van der Waals surface area (Å²) in [6, 6.07) is 0. The highest BCUT2D eigenvalue weighted by molar-refractivity contribution is 5.76. The van der Waals surface area contributed by atoms with Gasteiger partial charge >= 0.3 is 6.18 Å². The molecule has 102 valence electrons. The first kappa shape index (κ1) is 14.3. The van der Waals surface area contributed by atoms with Crippen LogP contribution in [-0.4, -0.2) is 39.9 Å². The number of amides is 1. The number of carbonyl (C=O) groups is 1. The molecule has 1 heterocycles. The third kappa shape index (κ3) is 4.64. The second-order valence-electron chi connectivity index (χ2n) is 3.90. The maximum absolute atomic E-state index is 12.3. The fraction of sp³-hybridized carbons (Fsp3) is 0.600. The van der Waals surface area contributed by atoms with Gasteiger partial charge in [-0.05, 0) is 6.42 Å². The quantitative estimate of drug-likeness (QED) is 0.871. The Morgan fingerprint density at radius 3 is 2.67 bits per heavy atom. The van der Waals surface area contributed by atoms with Gasteiger partial charge in [0.2, 0.25) is 5.91 Å². The van der Waals surface area contributed by atoms with Crippen molar-refractivity contribution in [3.63, 3.8) is 0 Å². The minimum absolute atomic E-state index is 0.0646. The molecule has 5 nitrogen and oxygen atoms in total. The van der Waals surface area contributed by atoms with Gasteiger partial charge in [-0.1, -0.05) is 6.92 Å². The van der Waals surface area contributed by atoms with Crippen molar-refractivity contribution in [3.8, 4) is 0 Å². The molecule has 1 rings (SSSR count). The van der Waals surface area contributed by atoms with Gasteiger partial charge in [-0.25, -0.2) is 0 Å². The number of nitrogen functional groups attached to an aromatic ring is 1. The normalized spacial score (nSPS) is 11.6. The van der Waals surface area contributed by atoms with Gasteiger partial charge in [0.05, 0.1) is 11.9 Å². The molecular formula is C10H15F3N4O. The summed E-state index contributed by atoms with van der Waals surface area (Å²) in [5, 5.41) is 3.76. The lowest BCUT2D eigenvalue weighted by Crippen LogP contribution is -2.41. The highest BCUT2D eigenvalue weighted by Gasteiger charge is 2.32. The van der Waals surface area contributed by atoms with Crippen LogP contribution in [0.3, 0.4) is 0 Å². The van der Waals surface area contributed by atoms with Crippen LogP contribution in [0, 0.1) is 0 Å². The molecule has 1 amide bonds. The van der Waals surface area contributed by atoms with E-state index in [-0.39, 0.29) is 13.1 Å². The van der Waals surface area contributed by atoms with E-state index in [2.05, 4.69) is 5.10 Å². The Morgan fingerprint density at radius 1 is 1.56 bits per heavy atom. The van der Waals surface area contributed by atoms with Crippen molar-refractivity contribution in [2.24, 2.45) is 0 Å². The standard InChI is InChI=1S/C10H15F3N4O/c1-2-3-16(7-10(11,12)13)9(18)6-17-5-8(14)4-15-17/h4-5H,2-3,6-7,14H2,1H3. The minimum Gasteiger partial charge on any atom is -0.396 e. The molecule has 0 spiro atoms. The highest BCUT2D eigenvalue weighted by Crippen LogP contribution is 2.17. The molecule has 0 fully saturated rings. The van der Waals surface area contributed by atoms with Gasteiger partial charge in [-0.2, -0.15) is 18.3 Å². The Balaban J connectivity index is 2.64. The average molecular weight is 264 g/mol. The molecule has 2 N–H and O–H groups in total. The lowest BCUT2D eigenvalue weighted by Gasteiger charge is -2.23. The van der Waals surface area contributed by atoms with E-state index < -0.39 is 18.6 Å². The summed E-state index contributed by atoms with van der Waals surface area (Å²) < 4.78 is 38.1. The summed E-state index contributed by atoms with van der Waals surface area (Å²) in [4.78, 5) is 12.5. The second-order valence-corrected chi connectivity index (χ2v) is 3.90. The number of nitrogens with two attached hydrogens (primary N) is 1. The molecule has 8 heteroatoms. The number of alkyl halides is 3. The molecule has 18 heavy (non-hydrogen) atoms. The van der Waals surface area contributed by atoms with Crippen molar-refractivity contribution in [3.05, 3.63) is 12.4 Å². The lowest BCUT2D eigenvalue weighted by molar-refractivity contribution is -0.161. The summed E-state index contributed by atoms with van der Waals surface area (Å²) in [7, 11) is 0. The van der Waals surface area contributed by atoms with Crippen LogP contribution >= 0.6 is 0 Å². The Kier molecular flexibility index (Phi) is 4.57. The minimum atomic E-state index is -4.39. The summed E-state index contributed by atoms with van der Waals surface area (Å²) in [6.45, 7) is 0.293. The fourth-order valence-corrected chi connectivity index (χ4v) is 1.48. The number of anilines is 1. The predicted octanol–water partition coefficient (Wildman–Crippen LogP) is 1.27. The average Bonchev–Trinajstić information content (AvgIpc) is 2.61. The van der Waals surface area contributed by atoms with Crippen LogP contribution in [0.4, 0.5) is 18.9 Å². The molecule has 0 saturated heterocycles. The fourth-order valence-electron chi connectivity index (χ4n) is 1.48. The van der Waals surface area contributed by atoms with Gasteiger partial charge in [0.1, 0.15) is 13.1 Å². The van der Waals surface area contributed by atoms with Crippen molar-refractivity contribution >= 4 is 11.6 Å². The van der Waals surface area contributed by atoms with Crippen LogP contribution in [0.5, 0.6) is 0 Å². The van der Waals surface area contributed by atoms with Crippen molar-refractivity contribution in [2.45, 2.75) is 26.1 Å². The zero-order valence-electron chi connectivity index (χ0n) is 9.94. The molecule has 1 aromatic rings. The molecule has 0 unspecified atom stereocenters. The number of hydrogen-bond donors (Lipinski definition) is 1. The van der Waals surface area contributed by atoms with E-state index in [4.69, 9.17) is 5.73 Å². The zero-order chi connectivity index (χ0) is 13.8. The van der Waals surface area contributed by atoms with Crippen LogP contribution in [0.1, 0.15) is 13.3 Å². The molecule has 0 bridgehead atoms. The lowest BCUT2D eigenvalue weighted by atomic mass is 10.3. The van der Waals surface area contributed by atoms with E-state index >= 15 is 0 Å². The predicted molar refractivity (Wildman–Crippen MR) is 59.6 cm³/mol. The summed E-state index contributed by atoms with van der Waals surface area (Å²) in [6.07, 6.45) is -1.20. The van der Waals surface area contributed by atoms with Crippen LogP contribution in [0.25, 0.3) is 0 Å². The first-order valence-corrected chi connectivity index (χ1v) is 5.44. The van der Waals surface area contributed by atoms with Gasteiger partial charge in [0, 0.05) is 12.7 Å². The number of rotatable bonds is 5. The molecule has 0 aromatic carbocycles. The Morgan fingerprint density at radius 2 is 2.22 bits per heavy atom. The largest absolute Gasteiger partial charge is 0.406 e. The van der Waals surface area contributed by atoms with E-state index in [1.807, 2.05) is 0 Å². The van der Waals surface area contributed by atoms with Crippen molar-refractivity contribution < 1.29 is 18.0 Å². The van der Waals surface area contributed by atoms with E-state index in [9.17, 15) is 18.0 Å². The van der Waals surface area contributed by atoms with Gasteiger partial charge in [-0.3, -0.25) is 9.48 Å². The van der Waals surface area contributed by atoms with Crippen molar-refractivity contribution in [1.82, 2.24) is 14.7 Å². The Labute approximate surface area is 102 Å². The number of halogens is 3. The van der Waals surface area contributed by atoms with E-state index in [0.29, 0.717) is 12.1 Å². The topological polar surface area (TPSA) is 64.2 Å². The summed E-state index contributed by atoms with van der Waals surface area (Å²) in [5.41, 5.74) is 5.76. The molecule has 0 radical (unpaired) electrons. The van der Waals surface area contributed by atoms with E-state index in [1.165, 1.54) is 17.1 Å². The van der Waals surface area contributed by atoms with Gasteiger partial charge in [0.15, 0.2) is 0 Å². The molecule has 0 aliphatic heterocycles. The van der Waals surface area contributed by atoms with E-state index in [1.54, 1.807) is 6.92 Å². The third-order valence-electron chi connectivity index (χ3n) is 2.17. The number of nitrogens with zero attached hydrogens (tertiary/aromatic N) is 3. The van der Waals surface area contributed by atoms with Crippen LogP contribution in [-0.2, 0) is 11.3 Å². The van der Waals surface area contributed by atoms with Crippen molar-refractivity contribution in [2.75, 3.05) is 18.8 Å². The Hall–Kier alpha value is -1.73. The number of hydrogen-bond acceptors (Lipinski definition) is 3. The maximum atomic E-state index is 12.3. The number of aromatic nitrogens is 2. The SMILES string of the molecule is CCCN(CC(F)(F)F)C(=O)Cn1cc(N)cn1. The molecule has 0 aliphatic rings. The zero-order valence-corrected chi connectivity index (χ0v) is 9.94. The second kappa shape index (κ2) is 5.74. The molecule has 1 aromatic heterocycles. The monoisotopic (exact) mass is 264 g/mol. The Bertz CT molecular complexity index is 402. The summed E-state index contributed by atoms with van der Waals surface area (Å²) in [5.74, 6) is -0.628. The smallest absolute Gasteiger partial charge is 0.396 e. The van der Waals surface area contributed by atoms with E-state index in [0.717, 1.165) is 4.90 Å². The molecule has 0 atom stereocenters. The van der Waals surface area contributed by atoms with Gasteiger partial charge < -0.3 is 10.6 Å². The first-order valence-electron chi connectivity index (χ1n) is 5.44. The van der Waals surface area contributed by atoms with Crippen LogP contribution in [0.2, 0.25) is 0 Å². The molecule has 0 aliphatic carbocycles. The van der Waals surface area contributed by atoms with Gasteiger partial charge in [-0.15, -0.1) is 0 Å². The van der Waals surface area contributed by atoms with Crippen molar-refractivity contribution in [1.29, 1.82) is 0 Å².